The van der Waals surface area contributed by atoms with E-state index < -0.39 is 10.0 Å². The molecule has 1 heterocycles. The van der Waals surface area contributed by atoms with Crippen molar-refractivity contribution in [2.75, 3.05) is 5.73 Å². The summed E-state index contributed by atoms with van der Waals surface area (Å²) in [5.74, 6) is 0. The van der Waals surface area contributed by atoms with Crippen molar-refractivity contribution in [1.29, 1.82) is 0 Å². The van der Waals surface area contributed by atoms with Crippen molar-refractivity contribution in [3.63, 3.8) is 0 Å². The minimum absolute atomic E-state index is 0.0998. The molecule has 1 aliphatic rings. The molecule has 22 heavy (non-hydrogen) atoms. The molecule has 1 aromatic heterocycles. The van der Waals surface area contributed by atoms with Gasteiger partial charge in [0.1, 0.15) is 0 Å². The van der Waals surface area contributed by atoms with Gasteiger partial charge in [-0.1, -0.05) is 12.1 Å². The van der Waals surface area contributed by atoms with Crippen LogP contribution < -0.4 is 10.5 Å². The van der Waals surface area contributed by atoms with E-state index >= 15 is 0 Å². The molecule has 1 atom stereocenters. The zero-order valence-corrected chi connectivity index (χ0v) is 14.2. The number of sulfonamides is 1. The number of rotatable bonds is 3. The molecule has 118 valence electrons. The predicted molar refractivity (Wildman–Crippen MR) is 88.6 cm³/mol. The van der Waals surface area contributed by atoms with Gasteiger partial charge in [-0.25, -0.2) is 18.1 Å². The smallest absolute Gasteiger partial charge is 0.241 e. The van der Waals surface area contributed by atoms with Crippen LogP contribution in [0.4, 0.5) is 5.13 Å². The van der Waals surface area contributed by atoms with Gasteiger partial charge < -0.3 is 5.73 Å². The largest absolute Gasteiger partial charge is 0.375 e. The lowest BCUT2D eigenvalue weighted by molar-refractivity contribution is 0.507. The number of aryl methyl sites for hydroxylation is 3. The van der Waals surface area contributed by atoms with E-state index in [9.17, 15) is 8.42 Å². The van der Waals surface area contributed by atoms with Crippen LogP contribution >= 0.6 is 11.3 Å². The summed E-state index contributed by atoms with van der Waals surface area (Å²) in [7, 11) is -3.51. The Morgan fingerprint density at radius 1 is 1.36 bits per heavy atom. The van der Waals surface area contributed by atoms with Crippen molar-refractivity contribution >= 4 is 26.5 Å². The molecule has 3 rings (SSSR count). The molecule has 1 unspecified atom stereocenters. The summed E-state index contributed by atoms with van der Waals surface area (Å²) in [6, 6.07) is 5.38. The zero-order valence-electron chi connectivity index (χ0n) is 12.6. The zero-order chi connectivity index (χ0) is 15.9. The highest BCUT2D eigenvalue weighted by Crippen LogP contribution is 2.29. The Kier molecular flexibility index (Phi) is 3.96. The van der Waals surface area contributed by atoms with E-state index in [4.69, 9.17) is 5.73 Å². The third kappa shape index (κ3) is 3.02. The second-order valence-electron chi connectivity index (χ2n) is 5.75. The molecule has 2 aromatic rings. The maximum absolute atomic E-state index is 12.6. The molecule has 0 saturated carbocycles. The number of fused-ring (bicyclic) bond motifs is 1. The number of hydrogen-bond donors (Lipinski definition) is 2. The van der Waals surface area contributed by atoms with Crippen LogP contribution in [0.5, 0.6) is 0 Å². The molecule has 0 bridgehead atoms. The number of benzene rings is 1. The number of nitrogen functional groups attached to an aromatic ring is 1. The van der Waals surface area contributed by atoms with Crippen molar-refractivity contribution in [3.8, 4) is 0 Å². The van der Waals surface area contributed by atoms with Gasteiger partial charge in [0.15, 0.2) is 5.13 Å². The molecule has 0 aliphatic heterocycles. The average Bonchev–Trinajstić information content (AvgIpc) is 2.80. The molecule has 7 heteroatoms. The van der Waals surface area contributed by atoms with E-state index in [1.54, 1.807) is 6.07 Å². The first kappa shape index (κ1) is 15.5. The van der Waals surface area contributed by atoms with E-state index in [1.807, 2.05) is 26.0 Å². The van der Waals surface area contributed by atoms with Gasteiger partial charge in [0, 0.05) is 17.3 Å². The monoisotopic (exact) mass is 337 g/mol. The number of aromatic nitrogens is 1. The van der Waals surface area contributed by atoms with Crippen molar-refractivity contribution in [2.24, 2.45) is 0 Å². The molecule has 0 radical (unpaired) electrons. The van der Waals surface area contributed by atoms with Crippen LogP contribution in [-0.4, -0.2) is 19.4 Å². The molecular formula is C15H19N3O2S2. The summed E-state index contributed by atoms with van der Waals surface area (Å²) in [6.07, 6.45) is 2.18. The molecular weight excluding hydrogens is 318 g/mol. The van der Waals surface area contributed by atoms with Crippen molar-refractivity contribution in [3.05, 3.63) is 39.9 Å². The van der Waals surface area contributed by atoms with Crippen molar-refractivity contribution in [2.45, 2.75) is 44.0 Å². The molecule has 1 aliphatic carbocycles. The fraction of sp³-hybridized carbons (Fsp3) is 0.400. The van der Waals surface area contributed by atoms with Crippen LogP contribution in [0.25, 0.3) is 0 Å². The lowest BCUT2D eigenvalue weighted by Crippen LogP contribution is -2.38. The van der Waals surface area contributed by atoms with Crippen LogP contribution in [0.15, 0.2) is 23.1 Å². The Morgan fingerprint density at radius 2 is 2.14 bits per heavy atom. The van der Waals surface area contributed by atoms with Gasteiger partial charge in [-0.15, -0.1) is 11.3 Å². The third-order valence-corrected chi connectivity index (χ3v) is 6.52. The average molecular weight is 337 g/mol. The summed E-state index contributed by atoms with van der Waals surface area (Å²) in [6.45, 7) is 3.71. The maximum atomic E-state index is 12.6. The van der Waals surface area contributed by atoms with E-state index in [0.717, 1.165) is 34.5 Å². The summed E-state index contributed by atoms with van der Waals surface area (Å²) < 4.78 is 28.1. The summed E-state index contributed by atoms with van der Waals surface area (Å²) >= 11 is 1.45. The molecule has 0 amide bonds. The standard InChI is InChI=1S/C15H19N3O2S2/c1-9-3-4-10(2)14(7-9)22(19,20)18-11-5-6-12-13(8-11)21-15(16)17-12/h3-4,7,11,18H,5-6,8H2,1-2H3,(H2,16,17). The number of anilines is 1. The highest BCUT2D eigenvalue weighted by molar-refractivity contribution is 7.89. The highest BCUT2D eigenvalue weighted by atomic mass is 32.2. The Labute approximate surface area is 134 Å². The van der Waals surface area contributed by atoms with E-state index in [1.165, 1.54) is 11.3 Å². The number of hydrogen-bond acceptors (Lipinski definition) is 5. The molecule has 0 fully saturated rings. The van der Waals surface area contributed by atoms with Gasteiger partial charge >= 0.3 is 0 Å². The Hall–Kier alpha value is -1.44. The quantitative estimate of drug-likeness (QED) is 0.899. The summed E-state index contributed by atoms with van der Waals surface area (Å²) in [5.41, 5.74) is 8.44. The first-order chi connectivity index (χ1) is 10.3. The van der Waals surface area contributed by atoms with E-state index in [0.29, 0.717) is 16.4 Å². The summed E-state index contributed by atoms with van der Waals surface area (Å²) in [5, 5.41) is 0.558. The number of nitrogens with one attached hydrogen (secondary N) is 1. The number of nitrogens with zero attached hydrogens (tertiary/aromatic N) is 1. The Bertz CT molecular complexity index is 812. The first-order valence-corrected chi connectivity index (χ1v) is 9.49. The third-order valence-electron chi connectivity index (χ3n) is 3.91. The normalized spacial score (nSPS) is 18.2. The van der Waals surface area contributed by atoms with Crippen LogP contribution in [0, 0.1) is 13.8 Å². The topological polar surface area (TPSA) is 85.1 Å². The molecule has 0 spiro atoms. The fourth-order valence-corrected chi connectivity index (χ4v) is 5.33. The molecule has 5 nitrogen and oxygen atoms in total. The minimum atomic E-state index is -3.51. The molecule has 0 saturated heterocycles. The number of thiazole rings is 1. The SMILES string of the molecule is Cc1ccc(C)c(S(=O)(=O)NC2CCc3nc(N)sc3C2)c1. The van der Waals surface area contributed by atoms with Gasteiger partial charge in [-0.3, -0.25) is 0 Å². The van der Waals surface area contributed by atoms with Gasteiger partial charge in [0.05, 0.1) is 10.6 Å². The highest BCUT2D eigenvalue weighted by Gasteiger charge is 2.27. The number of nitrogens with two attached hydrogens (primary N) is 1. The molecule has 1 aromatic carbocycles. The first-order valence-electron chi connectivity index (χ1n) is 7.19. The summed E-state index contributed by atoms with van der Waals surface area (Å²) in [4.78, 5) is 5.74. The van der Waals surface area contributed by atoms with Gasteiger partial charge in [0.25, 0.3) is 0 Å². The predicted octanol–water partition coefficient (Wildman–Crippen LogP) is 2.18. The van der Waals surface area contributed by atoms with Gasteiger partial charge in [0.2, 0.25) is 10.0 Å². The lowest BCUT2D eigenvalue weighted by Gasteiger charge is -2.22. The lowest BCUT2D eigenvalue weighted by atomic mass is 9.99. The van der Waals surface area contributed by atoms with E-state index in [-0.39, 0.29) is 6.04 Å². The van der Waals surface area contributed by atoms with Gasteiger partial charge in [-0.05, 0) is 43.9 Å². The van der Waals surface area contributed by atoms with Gasteiger partial charge in [-0.2, -0.15) is 0 Å². The minimum Gasteiger partial charge on any atom is -0.375 e. The Balaban J connectivity index is 1.82. The molecule has 3 N–H and O–H groups in total. The van der Waals surface area contributed by atoms with Crippen LogP contribution in [0.1, 0.15) is 28.1 Å². The fourth-order valence-electron chi connectivity index (χ4n) is 2.78. The maximum Gasteiger partial charge on any atom is 0.241 e. The second kappa shape index (κ2) is 5.64. The van der Waals surface area contributed by atoms with Crippen molar-refractivity contribution < 1.29 is 8.42 Å². The van der Waals surface area contributed by atoms with Crippen LogP contribution in [0.3, 0.4) is 0 Å². The Morgan fingerprint density at radius 3 is 2.91 bits per heavy atom. The van der Waals surface area contributed by atoms with E-state index in [2.05, 4.69) is 9.71 Å². The van der Waals surface area contributed by atoms with Crippen molar-refractivity contribution in [1.82, 2.24) is 9.71 Å². The van der Waals surface area contributed by atoms with Crippen LogP contribution in [0.2, 0.25) is 0 Å². The second-order valence-corrected chi connectivity index (χ2v) is 8.55. The van der Waals surface area contributed by atoms with Crippen LogP contribution in [-0.2, 0) is 22.9 Å².